The molecule has 1 fully saturated rings. The number of rotatable bonds is 6. The van der Waals surface area contributed by atoms with E-state index in [4.69, 9.17) is 14.2 Å². The van der Waals surface area contributed by atoms with E-state index in [-0.39, 0.29) is 5.92 Å². The minimum Gasteiger partial charge on any atom is -0.492 e. The molecule has 2 aromatic heterocycles. The molecule has 0 amide bonds. The van der Waals surface area contributed by atoms with Gasteiger partial charge in [-0.3, -0.25) is 9.19 Å². The second kappa shape index (κ2) is 8.45. The smallest absolute Gasteiger partial charge is 0.162 e. The molecule has 3 heterocycles. The Bertz CT molecular complexity index is 1070. The molecular formula is C22H27N3O4S. The van der Waals surface area contributed by atoms with Gasteiger partial charge in [-0.1, -0.05) is 0 Å². The number of aromatic amines is 1. The fourth-order valence-electron chi connectivity index (χ4n) is 3.41. The normalized spacial score (nSPS) is 17.9. The van der Waals surface area contributed by atoms with Crippen LogP contribution >= 0.6 is 0 Å². The third kappa shape index (κ3) is 4.55. The lowest BCUT2D eigenvalue weighted by atomic mass is 10.1. The molecule has 30 heavy (non-hydrogen) atoms. The molecule has 8 heteroatoms. The van der Waals surface area contributed by atoms with Crippen molar-refractivity contribution in [2.45, 2.75) is 44.1 Å². The summed E-state index contributed by atoms with van der Waals surface area (Å²) < 4.78 is 30.5. The van der Waals surface area contributed by atoms with Crippen LogP contribution in [0.2, 0.25) is 0 Å². The van der Waals surface area contributed by atoms with Crippen molar-refractivity contribution in [2.75, 3.05) is 19.8 Å². The molecule has 1 atom stereocenters. The van der Waals surface area contributed by atoms with E-state index in [0.29, 0.717) is 25.6 Å². The number of ether oxygens (including phenoxy) is 3. The lowest BCUT2D eigenvalue weighted by molar-refractivity contribution is -0.264. The summed E-state index contributed by atoms with van der Waals surface area (Å²) in [5, 5.41) is 0. The molecule has 1 aliphatic heterocycles. The van der Waals surface area contributed by atoms with Gasteiger partial charge in [0.2, 0.25) is 0 Å². The average Bonchev–Trinajstić information content (AvgIpc) is 3.19. The monoisotopic (exact) mass is 429 g/mol. The zero-order chi connectivity index (χ0) is 21.3. The van der Waals surface area contributed by atoms with E-state index in [1.54, 1.807) is 12.5 Å². The predicted octanol–water partition coefficient (Wildman–Crippen LogP) is 3.66. The topological polar surface area (TPSA) is 86.3 Å². The molecule has 0 bridgehead atoms. The Labute approximate surface area is 178 Å². The molecule has 0 radical (unpaired) electrons. The molecule has 160 valence electrons. The molecule has 1 aliphatic rings. The van der Waals surface area contributed by atoms with E-state index >= 15 is 0 Å². The highest BCUT2D eigenvalue weighted by atomic mass is 32.2. The van der Waals surface area contributed by atoms with E-state index in [9.17, 15) is 4.21 Å². The van der Waals surface area contributed by atoms with Gasteiger partial charge in [0.25, 0.3) is 0 Å². The fraction of sp³-hybridized carbons (Fsp3) is 0.455. The van der Waals surface area contributed by atoms with E-state index in [2.05, 4.69) is 15.0 Å². The minimum atomic E-state index is -1.22. The van der Waals surface area contributed by atoms with Crippen molar-refractivity contribution < 1.29 is 18.4 Å². The molecule has 1 saturated heterocycles. The number of pyridine rings is 1. The Morgan fingerprint density at radius 1 is 1.23 bits per heavy atom. The summed E-state index contributed by atoms with van der Waals surface area (Å²) in [4.78, 5) is 12.5. The highest BCUT2D eigenvalue weighted by molar-refractivity contribution is 7.84. The van der Waals surface area contributed by atoms with Crippen molar-refractivity contribution in [2.24, 2.45) is 5.92 Å². The first-order valence-electron chi connectivity index (χ1n) is 10.00. The van der Waals surface area contributed by atoms with Crippen molar-refractivity contribution >= 4 is 21.8 Å². The number of aromatic nitrogens is 3. The second-order valence-electron chi connectivity index (χ2n) is 8.11. The van der Waals surface area contributed by atoms with Crippen LogP contribution in [0.3, 0.4) is 0 Å². The summed E-state index contributed by atoms with van der Waals surface area (Å²) in [7, 11) is -1.22. The van der Waals surface area contributed by atoms with E-state index in [1.807, 2.05) is 45.9 Å². The molecule has 1 aromatic carbocycles. The van der Waals surface area contributed by atoms with Crippen LogP contribution in [0.4, 0.5) is 0 Å². The maximum absolute atomic E-state index is 13.0. The Kier molecular flexibility index (Phi) is 5.90. The SMILES string of the molecule is Cc1cnc(CS(=O)c2ccc3nc[nH]c3c2)c(C)c1OCC1COC(C)(C)OC1. The predicted molar refractivity (Wildman–Crippen MR) is 115 cm³/mol. The molecule has 1 N–H and O–H groups in total. The number of fused-ring (bicyclic) bond motifs is 1. The third-order valence-corrected chi connectivity index (χ3v) is 6.58. The van der Waals surface area contributed by atoms with Crippen LogP contribution in [0.5, 0.6) is 5.75 Å². The van der Waals surface area contributed by atoms with E-state index in [0.717, 1.165) is 38.5 Å². The fourth-order valence-corrected chi connectivity index (χ4v) is 4.59. The second-order valence-corrected chi connectivity index (χ2v) is 9.56. The van der Waals surface area contributed by atoms with E-state index in [1.165, 1.54) is 0 Å². The van der Waals surface area contributed by atoms with Crippen LogP contribution in [-0.2, 0) is 26.0 Å². The number of hydrogen-bond donors (Lipinski definition) is 1. The van der Waals surface area contributed by atoms with Crippen LogP contribution < -0.4 is 4.74 Å². The van der Waals surface area contributed by atoms with Gasteiger partial charge >= 0.3 is 0 Å². The van der Waals surface area contributed by atoms with Gasteiger partial charge in [-0.2, -0.15) is 0 Å². The number of H-pyrrole nitrogens is 1. The van der Waals surface area contributed by atoms with Crippen LogP contribution in [0.15, 0.2) is 35.6 Å². The Balaban J connectivity index is 1.46. The quantitative estimate of drug-likeness (QED) is 0.644. The van der Waals surface area contributed by atoms with Crippen LogP contribution in [0.1, 0.15) is 30.7 Å². The molecule has 1 unspecified atom stereocenters. The molecule has 0 aliphatic carbocycles. The number of benzene rings is 1. The van der Waals surface area contributed by atoms with Crippen LogP contribution in [0, 0.1) is 19.8 Å². The number of imidazole rings is 1. The zero-order valence-corrected chi connectivity index (χ0v) is 18.5. The molecule has 3 aromatic rings. The first-order chi connectivity index (χ1) is 14.3. The number of aryl methyl sites for hydroxylation is 1. The van der Waals surface area contributed by atoms with Crippen molar-refractivity contribution in [1.29, 1.82) is 0 Å². The number of nitrogens with zero attached hydrogens (tertiary/aromatic N) is 2. The van der Waals surface area contributed by atoms with Crippen LogP contribution in [-0.4, -0.2) is 44.8 Å². The standard InChI is InChI=1S/C22H27N3O4S/c1-14-8-23-20(12-30(26)17-5-6-18-19(7-17)25-13-24-18)15(2)21(14)27-9-16-10-28-22(3,4)29-11-16/h5-8,13,16H,9-12H2,1-4H3,(H,24,25). The first kappa shape index (κ1) is 21.0. The third-order valence-electron chi connectivity index (χ3n) is 5.26. The highest BCUT2D eigenvalue weighted by Crippen LogP contribution is 2.28. The number of hydrogen-bond acceptors (Lipinski definition) is 6. The van der Waals surface area contributed by atoms with Crippen LogP contribution in [0.25, 0.3) is 11.0 Å². The molecular weight excluding hydrogens is 402 g/mol. The zero-order valence-electron chi connectivity index (χ0n) is 17.7. The maximum atomic E-state index is 13.0. The molecule has 7 nitrogen and oxygen atoms in total. The van der Waals surface area contributed by atoms with Crippen molar-refractivity contribution in [1.82, 2.24) is 15.0 Å². The van der Waals surface area contributed by atoms with Crippen molar-refractivity contribution in [3.63, 3.8) is 0 Å². The summed E-state index contributed by atoms with van der Waals surface area (Å²) in [6.45, 7) is 9.47. The van der Waals surface area contributed by atoms with Gasteiger partial charge < -0.3 is 19.2 Å². The summed E-state index contributed by atoms with van der Waals surface area (Å²) in [5.74, 6) is 0.760. The number of nitrogens with one attached hydrogen (secondary N) is 1. The lowest BCUT2D eigenvalue weighted by Crippen LogP contribution is -2.41. The minimum absolute atomic E-state index is 0.170. The molecule has 0 saturated carbocycles. The van der Waals surface area contributed by atoms with Gasteiger partial charge in [-0.05, 0) is 45.9 Å². The van der Waals surface area contributed by atoms with E-state index < -0.39 is 16.6 Å². The Hall–Kier alpha value is -2.29. The van der Waals surface area contributed by atoms with Gasteiger partial charge in [0.05, 0.1) is 59.4 Å². The van der Waals surface area contributed by atoms with Crippen molar-refractivity contribution in [3.8, 4) is 5.75 Å². The molecule has 0 spiro atoms. The summed E-state index contributed by atoms with van der Waals surface area (Å²) >= 11 is 0. The Morgan fingerprint density at radius 2 is 2.00 bits per heavy atom. The van der Waals surface area contributed by atoms with Gasteiger partial charge in [0, 0.05) is 28.1 Å². The highest BCUT2D eigenvalue weighted by Gasteiger charge is 2.29. The van der Waals surface area contributed by atoms with Gasteiger partial charge in [-0.15, -0.1) is 0 Å². The molecule has 4 rings (SSSR count). The van der Waals surface area contributed by atoms with Crippen molar-refractivity contribution in [3.05, 3.63) is 47.5 Å². The maximum Gasteiger partial charge on any atom is 0.162 e. The lowest BCUT2D eigenvalue weighted by Gasteiger charge is -2.34. The summed E-state index contributed by atoms with van der Waals surface area (Å²) in [6.07, 6.45) is 3.42. The summed E-state index contributed by atoms with van der Waals surface area (Å²) in [6, 6.07) is 5.60. The van der Waals surface area contributed by atoms with Gasteiger partial charge in [0.1, 0.15) is 5.75 Å². The van der Waals surface area contributed by atoms with Gasteiger partial charge in [-0.25, -0.2) is 4.98 Å². The Morgan fingerprint density at radius 3 is 2.77 bits per heavy atom. The largest absolute Gasteiger partial charge is 0.492 e. The average molecular weight is 430 g/mol. The first-order valence-corrected chi connectivity index (χ1v) is 11.3. The van der Waals surface area contributed by atoms with Gasteiger partial charge in [0.15, 0.2) is 5.79 Å². The summed E-state index contributed by atoms with van der Waals surface area (Å²) in [5.41, 5.74) is 4.38.